The van der Waals surface area contributed by atoms with Crippen LogP contribution in [0.3, 0.4) is 0 Å². The third-order valence-corrected chi connectivity index (χ3v) is 16.9. The highest BCUT2D eigenvalue weighted by Gasteiger charge is 2.56. The number of aryl methyl sites for hydroxylation is 2. The van der Waals surface area contributed by atoms with E-state index in [1.54, 1.807) is 33.3 Å². The summed E-state index contributed by atoms with van der Waals surface area (Å²) in [6, 6.07) is 13.9. The molecule has 4 saturated heterocycles. The van der Waals surface area contributed by atoms with Crippen LogP contribution >= 0.6 is 48.0 Å². The standard InChI is InChI=1S/C44H62N8O4S4/c1-23(47-7)39(57)49-29-19-31(59-33-21-43(3,4)35(37(45)53)51(33)41(29)55)27-15-11-9-13-25(27)17-18-26-14-10-12-16-28(26)32-20-30(50-40(58)24(2)48-8)42(56)52-34(60-32)22-44(5,6)36(52)38(46)54/h9-16,23-24,29-36,47-48H,17-22H2,1-8H3,(H2,45,53)(H2,46,54)(H,49,57)(H,50,58)/t23-,24-,29?,30?,31?,32?,33?,34?,35?,36?/m0/s1. The largest absolute Gasteiger partial charge is 0.368 e. The van der Waals surface area contributed by atoms with Crippen LogP contribution in [0.2, 0.25) is 0 Å². The van der Waals surface area contributed by atoms with Gasteiger partial charge in [0, 0.05) is 10.5 Å². The van der Waals surface area contributed by atoms with E-state index >= 15 is 0 Å². The minimum absolute atomic E-state index is 0.0722. The second-order valence-corrected chi connectivity index (χ2v) is 21.8. The summed E-state index contributed by atoms with van der Waals surface area (Å²) >= 11 is 15.0. The molecule has 0 radical (unpaired) electrons. The van der Waals surface area contributed by atoms with Crippen molar-refractivity contribution in [2.45, 2.75) is 138 Å². The predicted octanol–water partition coefficient (Wildman–Crippen LogP) is 4.49. The molecule has 4 fully saturated rings. The Balaban J connectivity index is 1.31. The van der Waals surface area contributed by atoms with Crippen LogP contribution in [-0.4, -0.2) is 104 Å². The predicted molar refractivity (Wildman–Crippen MR) is 250 cm³/mol. The van der Waals surface area contributed by atoms with E-state index in [-0.39, 0.29) is 45.1 Å². The van der Waals surface area contributed by atoms with Gasteiger partial charge < -0.3 is 42.5 Å². The number of nitrogens with zero attached hydrogens (tertiary/aromatic N) is 2. The van der Waals surface area contributed by atoms with E-state index in [4.69, 9.17) is 35.9 Å². The van der Waals surface area contributed by atoms with E-state index in [1.165, 1.54) is 11.1 Å². The Labute approximate surface area is 374 Å². The lowest BCUT2D eigenvalue weighted by Gasteiger charge is -2.33. The normalized spacial score (nSPS) is 29.4. The molecule has 4 aliphatic heterocycles. The third-order valence-electron chi connectivity index (χ3n) is 13.0. The lowest BCUT2D eigenvalue weighted by molar-refractivity contribution is -0.141. The van der Waals surface area contributed by atoms with Crippen molar-refractivity contribution in [2.24, 2.45) is 22.3 Å². The number of amides is 4. The first kappa shape index (κ1) is 46.2. The number of rotatable bonds is 13. The summed E-state index contributed by atoms with van der Waals surface area (Å²) in [6.45, 7) is 12.0. The lowest BCUT2D eigenvalue weighted by Crippen LogP contribution is -2.57. The van der Waals surface area contributed by atoms with E-state index in [1.807, 2.05) is 55.6 Å². The number of thioether (sulfide) groups is 2. The molecule has 0 aromatic heterocycles. The minimum atomic E-state index is -0.731. The summed E-state index contributed by atoms with van der Waals surface area (Å²) in [5, 5.41) is 12.5. The van der Waals surface area contributed by atoms with Crippen molar-refractivity contribution < 1.29 is 19.2 Å². The van der Waals surface area contributed by atoms with Crippen molar-refractivity contribution in [2.75, 3.05) is 14.1 Å². The number of fused-ring (bicyclic) bond motifs is 2. The fourth-order valence-corrected chi connectivity index (χ4v) is 14.0. The van der Waals surface area contributed by atoms with E-state index in [0.29, 0.717) is 35.7 Å². The summed E-state index contributed by atoms with van der Waals surface area (Å²) in [5.41, 5.74) is 15.7. The molecule has 60 heavy (non-hydrogen) atoms. The van der Waals surface area contributed by atoms with Crippen molar-refractivity contribution in [1.29, 1.82) is 0 Å². The minimum Gasteiger partial charge on any atom is -0.368 e. The first-order valence-corrected chi connectivity index (χ1v) is 23.6. The average molecular weight is 895 g/mol. The van der Waals surface area contributed by atoms with Gasteiger partial charge in [-0.25, -0.2) is 0 Å². The maximum absolute atomic E-state index is 14.5. The van der Waals surface area contributed by atoms with Gasteiger partial charge in [0.05, 0.1) is 32.8 Å². The van der Waals surface area contributed by atoms with Gasteiger partial charge in [0.1, 0.15) is 24.2 Å². The second-order valence-electron chi connectivity index (χ2n) is 18.2. The third kappa shape index (κ3) is 9.38. The molecule has 0 aliphatic carbocycles. The number of likely N-dealkylation sites (N-methyl/N-ethyl adjacent to an activating group) is 2. The van der Waals surface area contributed by atoms with Gasteiger partial charge >= 0.3 is 0 Å². The Morgan fingerprint density at radius 2 is 1.05 bits per heavy atom. The Hall–Kier alpha value is -3.28. The fraction of sp³-hybridized carbons (Fsp3) is 0.591. The molecule has 4 aliphatic rings. The molecule has 4 amide bonds. The summed E-state index contributed by atoms with van der Waals surface area (Å²) in [4.78, 5) is 59.4. The molecule has 10 atom stereocenters. The van der Waals surface area contributed by atoms with Crippen LogP contribution < -0.4 is 32.7 Å². The Morgan fingerprint density at radius 1 is 0.700 bits per heavy atom. The van der Waals surface area contributed by atoms with Gasteiger partial charge in [-0.05, 0) is 99.6 Å². The van der Waals surface area contributed by atoms with Crippen molar-refractivity contribution in [1.82, 2.24) is 31.1 Å². The fourth-order valence-electron chi connectivity index (χ4n) is 9.61. The molecule has 8 N–H and O–H groups in total. The lowest BCUT2D eigenvalue weighted by atomic mass is 9.84. The molecule has 6 rings (SSSR count). The smallest absolute Gasteiger partial charge is 0.246 e. The molecule has 8 unspecified atom stereocenters. The summed E-state index contributed by atoms with van der Waals surface area (Å²) in [6.07, 6.45) is 3.73. The SMILES string of the molecule is CN[C@@H](C)C(=S)NC1CC(c2ccccc2CCc2ccccc2C2CC(NC(=S)[C@H](C)NC)C(=O)N3C(CC(C)(C)C3C(N)=O)S2)SC2CC(C)(C)C(C(N)=O)N2C1=O. The topological polar surface area (TPSA) is 175 Å². The van der Waals surface area contributed by atoms with E-state index in [0.717, 1.165) is 24.0 Å². The van der Waals surface area contributed by atoms with Crippen LogP contribution in [-0.2, 0) is 32.0 Å². The van der Waals surface area contributed by atoms with Crippen molar-refractivity contribution >= 4 is 81.6 Å². The molecule has 326 valence electrons. The van der Waals surface area contributed by atoms with Crippen LogP contribution in [0.1, 0.15) is 100.0 Å². The van der Waals surface area contributed by atoms with E-state index in [9.17, 15) is 19.2 Å². The quantitative estimate of drug-likeness (QED) is 0.156. The number of thiocarbonyl (C=S) groups is 2. The average Bonchev–Trinajstić information content (AvgIpc) is 3.54. The molecule has 16 heteroatoms. The van der Waals surface area contributed by atoms with Gasteiger partial charge in [-0.2, -0.15) is 0 Å². The van der Waals surface area contributed by atoms with E-state index in [2.05, 4.69) is 69.8 Å². The maximum atomic E-state index is 14.5. The molecule has 4 heterocycles. The van der Waals surface area contributed by atoms with Gasteiger partial charge in [0.15, 0.2) is 0 Å². The number of nitrogens with one attached hydrogen (secondary N) is 4. The maximum Gasteiger partial charge on any atom is 0.246 e. The highest BCUT2D eigenvalue weighted by atomic mass is 32.2. The van der Waals surface area contributed by atoms with Gasteiger partial charge in [0.25, 0.3) is 0 Å². The number of hydrogen-bond donors (Lipinski definition) is 6. The Morgan fingerprint density at radius 3 is 1.38 bits per heavy atom. The molecule has 0 bridgehead atoms. The van der Waals surface area contributed by atoms with Crippen molar-refractivity contribution in [3.63, 3.8) is 0 Å². The molecule has 0 spiro atoms. The molecular formula is C44H62N8O4S4. The Kier molecular flexibility index (Phi) is 14.3. The molecule has 0 saturated carbocycles. The number of nitrogens with two attached hydrogens (primary N) is 2. The zero-order valence-electron chi connectivity index (χ0n) is 36.0. The second kappa shape index (κ2) is 18.6. The highest BCUT2D eigenvalue weighted by molar-refractivity contribution is 8.00. The number of primary amides is 2. The first-order valence-electron chi connectivity index (χ1n) is 20.9. The van der Waals surface area contributed by atoms with Gasteiger partial charge in [-0.1, -0.05) is 101 Å². The highest BCUT2D eigenvalue weighted by Crippen LogP contribution is 2.53. The number of carbonyl (C=O) groups excluding carboxylic acids is 4. The zero-order chi connectivity index (χ0) is 43.8. The van der Waals surface area contributed by atoms with Crippen molar-refractivity contribution in [3.05, 3.63) is 70.8 Å². The van der Waals surface area contributed by atoms with E-state index < -0.39 is 46.8 Å². The van der Waals surface area contributed by atoms with Crippen LogP contribution in [0.4, 0.5) is 0 Å². The van der Waals surface area contributed by atoms with Gasteiger partial charge in [0.2, 0.25) is 23.6 Å². The molecule has 2 aromatic rings. The number of benzene rings is 2. The number of carbonyl (C=O) groups is 4. The number of hydrogen-bond acceptors (Lipinski definition) is 10. The van der Waals surface area contributed by atoms with Gasteiger partial charge in [-0.3, -0.25) is 19.2 Å². The van der Waals surface area contributed by atoms with Crippen molar-refractivity contribution in [3.8, 4) is 0 Å². The van der Waals surface area contributed by atoms with Crippen LogP contribution in [0.15, 0.2) is 48.5 Å². The molecule has 12 nitrogen and oxygen atoms in total. The monoisotopic (exact) mass is 894 g/mol. The summed E-state index contributed by atoms with van der Waals surface area (Å²) in [7, 11) is 3.66. The summed E-state index contributed by atoms with van der Waals surface area (Å²) < 4.78 is 0. The van der Waals surface area contributed by atoms with Crippen LogP contribution in [0, 0.1) is 10.8 Å². The molecule has 2 aromatic carbocycles. The zero-order valence-corrected chi connectivity index (χ0v) is 39.2. The molecular weight excluding hydrogens is 833 g/mol. The van der Waals surface area contributed by atoms with Gasteiger partial charge in [-0.15, -0.1) is 23.5 Å². The van der Waals surface area contributed by atoms with Crippen LogP contribution in [0.5, 0.6) is 0 Å². The van der Waals surface area contributed by atoms with Crippen LogP contribution in [0.25, 0.3) is 0 Å². The Bertz CT molecular complexity index is 1860. The summed E-state index contributed by atoms with van der Waals surface area (Å²) in [5.74, 6) is -1.30. The first-order chi connectivity index (χ1) is 28.3.